The highest BCUT2D eigenvalue weighted by atomic mass is 35.5. The molecule has 2 aromatic rings. The van der Waals surface area contributed by atoms with Crippen molar-refractivity contribution in [2.45, 2.75) is 19.6 Å². The van der Waals surface area contributed by atoms with Gasteiger partial charge in [-0.25, -0.2) is 0 Å². The van der Waals surface area contributed by atoms with E-state index in [-0.39, 0.29) is 6.61 Å². The summed E-state index contributed by atoms with van der Waals surface area (Å²) in [4.78, 5) is 0. The molecule has 0 aliphatic carbocycles. The van der Waals surface area contributed by atoms with Crippen LogP contribution < -0.4 is 14.8 Å². The summed E-state index contributed by atoms with van der Waals surface area (Å²) < 4.78 is 11.2. The number of ether oxygens (including phenoxy) is 2. The SMILES string of the molecule is COc1cc(CNCCCO)c(Cl)cc1OCc1ccccc1. The monoisotopic (exact) mass is 335 g/mol. The van der Waals surface area contributed by atoms with Gasteiger partial charge in [-0.05, 0) is 30.2 Å². The van der Waals surface area contributed by atoms with Crippen molar-refractivity contribution >= 4 is 11.6 Å². The predicted octanol–water partition coefficient (Wildman–Crippen LogP) is 3.40. The van der Waals surface area contributed by atoms with Crippen molar-refractivity contribution in [1.82, 2.24) is 5.32 Å². The summed E-state index contributed by atoms with van der Waals surface area (Å²) in [7, 11) is 1.61. The first-order valence-electron chi connectivity index (χ1n) is 7.59. The van der Waals surface area contributed by atoms with Gasteiger partial charge in [0, 0.05) is 24.2 Å². The molecule has 124 valence electrons. The molecule has 2 aromatic carbocycles. The van der Waals surface area contributed by atoms with Gasteiger partial charge in [0.25, 0.3) is 0 Å². The van der Waals surface area contributed by atoms with Crippen LogP contribution in [0.4, 0.5) is 0 Å². The molecule has 0 amide bonds. The minimum absolute atomic E-state index is 0.177. The topological polar surface area (TPSA) is 50.7 Å². The molecule has 0 aliphatic heterocycles. The smallest absolute Gasteiger partial charge is 0.163 e. The van der Waals surface area contributed by atoms with Gasteiger partial charge in [-0.2, -0.15) is 0 Å². The van der Waals surface area contributed by atoms with Crippen LogP contribution in [-0.4, -0.2) is 25.4 Å². The highest BCUT2D eigenvalue weighted by molar-refractivity contribution is 6.31. The first kappa shape index (κ1) is 17.6. The van der Waals surface area contributed by atoms with Crippen molar-refractivity contribution in [3.05, 3.63) is 58.6 Å². The molecule has 0 unspecified atom stereocenters. The third-order valence-electron chi connectivity index (χ3n) is 3.40. The summed E-state index contributed by atoms with van der Waals surface area (Å²) in [5, 5.41) is 12.6. The molecule has 0 aromatic heterocycles. The Morgan fingerprint density at radius 2 is 1.91 bits per heavy atom. The lowest BCUT2D eigenvalue weighted by atomic mass is 10.2. The summed E-state index contributed by atoms with van der Waals surface area (Å²) in [6.45, 7) is 1.99. The normalized spacial score (nSPS) is 10.6. The lowest BCUT2D eigenvalue weighted by Crippen LogP contribution is -2.16. The third kappa shape index (κ3) is 5.43. The molecule has 0 aliphatic rings. The molecule has 2 N–H and O–H groups in total. The molecular formula is C18H22ClNO3. The van der Waals surface area contributed by atoms with E-state index in [0.29, 0.717) is 36.1 Å². The van der Waals surface area contributed by atoms with Crippen LogP contribution in [0.15, 0.2) is 42.5 Å². The van der Waals surface area contributed by atoms with Crippen molar-refractivity contribution in [2.24, 2.45) is 0 Å². The van der Waals surface area contributed by atoms with Gasteiger partial charge >= 0.3 is 0 Å². The van der Waals surface area contributed by atoms with Crippen LogP contribution >= 0.6 is 11.6 Å². The van der Waals surface area contributed by atoms with Crippen molar-refractivity contribution in [3.63, 3.8) is 0 Å². The lowest BCUT2D eigenvalue weighted by Gasteiger charge is -2.14. The van der Waals surface area contributed by atoms with Crippen LogP contribution in [0, 0.1) is 0 Å². The van der Waals surface area contributed by atoms with Gasteiger partial charge < -0.3 is 19.9 Å². The Hall–Kier alpha value is -1.75. The average Bonchev–Trinajstić information content (AvgIpc) is 2.59. The second kappa shape index (κ2) is 9.40. The van der Waals surface area contributed by atoms with Crippen LogP contribution in [0.25, 0.3) is 0 Å². The fourth-order valence-corrected chi connectivity index (χ4v) is 2.37. The maximum absolute atomic E-state index is 8.79. The number of rotatable bonds is 9. The maximum Gasteiger partial charge on any atom is 0.163 e. The summed E-state index contributed by atoms with van der Waals surface area (Å²) >= 11 is 6.33. The van der Waals surface area contributed by atoms with Gasteiger partial charge in [-0.15, -0.1) is 0 Å². The number of aliphatic hydroxyl groups is 1. The Morgan fingerprint density at radius 1 is 1.13 bits per heavy atom. The van der Waals surface area contributed by atoms with Gasteiger partial charge in [0.2, 0.25) is 0 Å². The fourth-order valence-electron chi connectivity index (χ4n) is 2.15. The molecule has 0 bridgehead atoms. The van der Waals surface area contributed by atoms with E-state index in [4.69, 9.17) is 26.2 Å². The van der Waals surface area contributed by atoms with E-state index in [1.54, 1.807) is 13.2 Å². The standard InChI is InChI=1S/C18H22ClNO3/c1-22-17-10-15(12-20-8-5-9-21)16(19)11-18(17)23-13-14-6-3-2-4-7-14/h2-4,6-7,10-11,20-21H,5,8-9,12-13H2,1H3. The first-order chi connectivity index (χ1) is 11.2. The molecule has 0 spiro atoms. The summed E-state index contributed by atoms with van der Waals surface area (Å²) in [6, 6.07) is 13.6. The summed E-state index contributed by atoms with van der Waals surface area (Å²) in [6.07, 6.45) is 0.715. The van der Waals surface area contributed by atoms with Gasteiger partial charge in [0.1, 0.15) is 6.61 Å². The van der Waals surface area contributed by atoms with Crippen LogP contribution in [-0.2, 0) is 13.2 Å². The van der Waals surface area contributed by atoms with E-state index in [9.17, 15) is 0 Å². The van der Waals surface area contributed by atoms with Gasteiger partial charge in [0.15, 0.2) is 11.5 Å². The third-order valence-corrected chi connectivity index (χ3v) is 3.75. The number of nitrogens with one attached hydrogen (secondary N) is 1. The molecule has 2 rings (SSSR count). The fraction of sp³-hybridized carbons (Fsp3) is 0.333. The Labute approximate surface area is 142 Å². The molecule has 23 heavy (non-hydrogen) atoms. The molecular weight excluding hydrogens is 314 g/mol. The largest absolute Gasteiger partial charge is 0.493 e. The summed E-state index contributed by atoms with van der Waals surface area (Å²) in [5.74, 6) is 1.28. The molecule has 0 saturated carbocycles. The molecule has 0 fully saturated rings. The van der Waals surface area contributed by atoms with Gasteiger partial charge in [-0.3, -0.25) is 0 Å². The highest BCUT2D eigenvalue weighted by Crippen LogP contribution is 2.33. The van der Waals surface area contributed by atoms with Crippen LogP contribution in [0.5, 0.6) is 11.5 Å². The zero-order chi connectivity index (χ0) is 16.5. The zero-order valence-electron chi connectivity index (χ0n) is 13.2. The zero-order valence-corrected chi connectivity index (χ0v) is 14.0. The lowest BCUT2D eigenvalue weighted by molar-refractivity contribution is 0.284. The van der Waals surface area contributed by atoms with E-state index in [2.05, 4.69) is 5.32 Å². The number of benzene rings is 2. The number of aliphatic hydroxyl groups excluding tert-OH is 1. The molecule has 5 heteroatoms. The minimum Gasteiger partial charge on any atom is -0.493 e. The van der Waals surface area contributed by atoms with Crippen molar-refractivity contribution in [3.8, 4) is 11.5 Å². The van der Waals surface area contributed by atoms with E-state index in [0.717, 1.165) is 17.7 Å². The molecule has 0 saturated heterocycles. The highest BCUT2D eigenvalue weighted by Gasteiger charge is 2.10. The maximum atomic E-state index is 8.79. The minimum atomic E-state index is 0.177. The van der Waals surface area contributed by atoms with E-state index in [1.807, 2.05) is 36.4 Å². The second-order valence-corrected chi connectivity index (χ2v) is 5.53. The Kier molecular flexibility index (Phi) is 7.20. The predicted molar refractivity (Wildman–Crippen MR) is 92.2 cm³/mol. The van der Waals surface area contributed by atoms with Crippen LogP contribution in [0.3, 0.4) is 0 Å². The molecule has 4 nitrogen and oxygen atoms in total. The van der Waals surface area contributed by atoms with Gasteiger partial charge in [-0.1, -0.05) is 41.9 Å². The Balaban J connectivity index is 2.03. The first-order valence-corrected chi connectivity index (χ1v) is 7.97. The van der Waals surface area contributed by atoms with E-state index >= 15 is 0 Å². The number of hydrogen-bond donors (Lipinski definition) is 2. The van der Waals surface area contributed by atoms with Gasteiger partial charge in [0.05, 0.1) is 7.11 Å². The summed E-state index contributed by atoms with van der Waals surface area (Å²) in [5.41, 5.74) is 2.02. The number of hydrogen-bond acceptors (Lipinski definition) is 4. The van der Waals surface area contributed by atoms with Crippen LogP contribution in [0.2, 0.25) is 5.02 Å². The molecule has 0 atom stereocenters. The number of methoxy groups -OCH3 is 1. The Morgan fingerprint density at radius 3 is 2.61 bits per heavy atom. The quantitative estimate of drug-likeness (QED) is 0.690. The van der Waals surface area contributed by atoms with E-state index < -0.39 is 0 Å². The molecule has 0 radical (unpaired) electrons. The number of halogens is 1. The molecule has 0 heterocycles. The average molecular weight is 336 g/mol. The van der Waals surface area contributed by atoms with E-state index in [1.165, 1.54) is 0 Å². The van der Waals surface area contributed by atoms with Crippen molar-refractivity contribution in [1.29, 1.82) is 0 Å². The van der Waals surface area contributed by atoms with Crippen molar-refractivity contribution < 1.29 is 14.6 Å². The van der Waals surface area contributed by atoms with Crippen LogP contribution in [0.1, 0.15) is 17.5 Å². The van der Waals surface area contributed by atoms with Crippen molar-refractivity contribution in [2.75, 3.05) is 20.3 Å². The Bertz CT molecular complexity index is 605. The second-order valence-electron chi connectivity index (χ2n) is 5.12.